The Morgan fingerprint density at radius 3 is 2.53 bits per heavy atom. The van der Waals surface area contributed by atoms with Crippen molar-refractivity contribution in [2.75, 3.05) is 34.4 Å². The number of carbonyl (C=O) groups is 1. The lowest BCUT2D eigenvalue weighted by molar-refractivity contribution is 0.0963. The molecule has 0 unspecified atom stereocenters. The average Bonchev–Trinajstić information content (AvgIpc) is 2.76. The first-order valence-corrected chi connectivity index (χ1v) is 9.66. The Morgan fingerprint density at radius 2 is 1.87 bits per heavy atom. The van der Waals surface area contributed by atoms with E-state index in [9.17, 15) is 4.79 Å². The summed E-state index contributed by atoms with van der Waals surface area (Å²) in [6, 6.07) is 13.5. The lowest BCUT2D eigenvalue weighted by atomic mass is 10.1. The van der Waals surface area contributed by atoms with Gasteiger partial charge in [0.05, 0.1) is 13.7 Å². The molecule has 0 spiro atoms. The van der Waals surface area contributed by atoms with Crippen LogP contribution in [-0.4, -0.2) is 46.2 Å². The van der Waals surface area contributed by atoms with Gasteiger partial charge in [0.2, 0.25) is 0 Å². The number of hydrogen-bond acceptors (Lipinski definition) is 4. The molecule has 2 aromatic rings. The fourth-order valence-electron chi connectivity index (χ4n) is 2.84. The first kappa shape index (κ1) is 25.5. The molecule has 0 saturated heterocycles. The van der Waals surface area contributed by atoms with Crippen molar-refractivity contribution in [1.82, 2.24) is 16.0 Å². The molecular weight excluding hydrogens is 495 g/mol. The summed E-state index contributed by atoms with van der Waals surface area (Å²) in [5.74, 6) is 2.08. The van der Waals surface area contributed by atoms with Crippen LogP contribution in [0.2, 0.25) is 0 Å². The molecular formula is C22H31IN4O3. The molecule has 2 aromatic carbocycles. The van der Waals surface area contributed by atoms with Crippen LogP contribution in [0.15, 0.2) is 47.5 Å². The van der Waals surface area contributed by atoms with E-state index < -0.39 is 0 Å². The van der Waals surface area contributed by atoms with Crippen molar-refractivity contribution in [2.45, 2.75) is 19.9 Å². The molecule has 1 amide bonds. The fraction of sp³-hybridized carbons (Fsp3) is 0.364. The maximum Gasteiger partial charge on any atom is 0.251 e. The smallest absolute Gasteiger partial charge is 0.251 e. The highest BCUT2D eigenvalue weighted by Crippen LogP contribution is 2.27. The van der Waals surface area contributed by atoms with Crippen molar-refractivity contribution < 1.29 is 14.3 Å². The zero-order chi connectivity index (χ0) is 21.1. The van der Waals surface area contributed by atoms with E-state index in [0.29, 0.717) is 37.0 Å². The summed E-state index contributed by atoms with van der Waals surface area (Å²) in [7, 11) is 5.00. The van der Waals surface area contributed by atoms with Gasteiger partial charge in [0.1, 0.15) is 0 Å². The van der Waals surface area contributed by atoms with Crippen LogP contribution in [0.5, 0.6) is 11.5 Å². The van der Waals surface area contributed by atoms with E-state index in [2.05, 4.69) is 20.9 Å². The normalized spacial score (nSPS) is 10.6. The van der Waals surface area contributed by atoms with E-state index in [0.717, 1.165) is 23.3 Å². The molecule has 0 aliphatic carbocycles. The maximum absolute atomic E-state index is 11.7. The number of aliphatic imine (C=N–C) groups is 1. The Kier molecular flexibility index (Phi) is 11.7. The third-order valence-corrected chi connectivity index (χ3v) is 4.33. The largest absolute Gasteiger partial charge is 0.493 e. The molecule has 7 nitrogen and oxygen atoms in total. The highest BCUT2D eigenvalue weighted by Gasteiger charge is 2.07. The quantitative estimate of drug-likeness (QED) is 0.266. The predicted octanol–water partition coefficient (Wildman–Crippen LogP) is 2.98. The molecule has 30 heavy (non-hydrogen) atoms. The Balaban J connectivity index is 0.00000450. The third-order valence-electron chi connectivity index (χ3n) is 4.33. The number of nitrogens with zero attached hydrogens (tertiary/aromatic N) is 1. The SMILES string of the molecule is CCOc1ccc(CNC(=NC)NCCc2cccc(C(=O)NC)c2)cc1OC.I. The van der Waals surface area contributed by atoms with Gasteiger partial charge in [-0.15, -0.1) is 24.0 Å². The lowest BCUT2D eigenvalue weighted by Gasteiger charge is -2.14. The maximum atomic E-state index is 11.7. The van der Waals surface area contributed by atoms with E-state index in [-0.39, 0.29) is 29.9 Å². The molecule has 0 aliphatic heterocycles. The molecule has 0 aromatic heterocycles. The van der Waals surface area contributed by atoms with Crippen LogP contribution in [-0.2, 0) is 13.0 Å². The zero-order valence-electron chi connectivity index (χ0n) is 18.0. The topological polar surface area (TPSA) is 84.0 Å². The molecule has 8 heteroatoms. The average molecular weight is 526 g/mol. The van der Waals surface area contributed by atoms with Crippen molar-refractivity contribution in [3.05, 3.63) is 59.2 Å². The third kappa shape index (κ3) is 7.74. The first-order chi connectivity index (χ1) is 14.1. The molecule has 0 fully saturated rings. The van der Waals surface area contributed by atoms with Crippen LogP contribution >= 0.6 is 24.0 Å². The van der Waals surface area contributed by atoms with E-state index in [1.807, 2.05) is 43.3 Å². The number of nitrogens with one attached hydrogen (secondary N) is 3. The van der Waals surface area contributed by atoms with Gasteiger partial charge >= 0.3 is 0 Å². The van der Waals surface area contributed by atoms with Crippen LogP contribution in [0.1, 0.15) is 28.4 Å². The first-order valence-electron chi connectivity index (χ1n) is 9.66. The molecule has 2 rings (SSSR count). The van der Waals surface area contributed by atoms with Gasteiger partial charge in [-0.25, -0.2) is 0 Å². The summed E-state index contributed by atoms with van der Waals surface area (Å²) in [6.45, 7) is 3.84. The second-order valence-electron chi connectivity index (χ2n) is 6.30. The monoisotopic (exact) mass is 526 g/mol. The van der Waals surface area contributed by atoms with Crippen LogP contribution in [0.3, 0.4) is 0 Å². The number of hydrogen-bond donors (Lipinski definition) is 3. The van der Waals surface area contributed by atoms with Gasteiger partial charge in [0, 0.05) is 32.7 Å². The molecule has 3 N–H and O–H groups in total. The summed E-state index contributed by atoms with van der Waals surface area (Å²) < 4.78 is 10.9. The van der Waals surface area contributed by atoms with E-state index in [1.165, 1.54) is 0 Å². The molecule has 0 aliphatic rings. The minimum atomic E-state index is -0.0805. The van der Waals surface area contributed by atoms with E-state index in [4.69, 9.17) is 9.47 Å². The number of halogens is 1. The van der Waals surface area contributed by atoms with Crippen molar-refractivity contribution in [3.8, 4) is 11.5 Å². The van der Waals surface area contributed by atoms with Gasteiger partial charge in [-0.1, -0.05) is 18.2 Å². The van der Waals surface area contributed by atoms with E-state index in [1.54, 1.807) is 27.3 Å². The van der Waals surface area contributed by atoms with Gasteiger partial charge in [-0.05, 0) is 48.7 Å². The number of amides is 1. The number of methoxy groups -OCH3 is 1. The summed E-state index contributed by atoms with van der Waals surface area (Å²) in [5.41, 5.74) is 2.81. The summed E-state index contributed by atoms with van der Waals surface area (Å²) in [6.07, 6.45) is 0.780. The Morgan fingerprint density at radius 1 is 1.07 bits per heavy atom. The van der Waals surface area contributed by atoms with Crippen molar-refractivity contribution in [3.63, 3.8) is 0 Å². The van der Waals surface area contributed by atoms with Crippen LogP contribution in [0.4, 0.5) is 0 Å². The number of carbonyl (C=O) groups excluding carboxylic acids is 1. The van der Waals surface area contributed by atoms with Crippen molar-refractivity contribution in [1.29, 1.82) is 0 Å². The molecule has 0 saturated carbocycles. The second kappa shape index (κ2) is 13.7. The van der Waals surface area contributed by atoms with Crippen LogP contribution in [0.25, 0.3) is 0 Å². The number of rotatable bonds is 9. The highest BCUT2D eigenvalue weighted by molar-refractivity contribution is 14.0. The number of guanidine groups is 1. The predicted molar refractivity (Wildman–Crippen MR) is 131 cm³/mol. The molecule has 164 valence electrons. The van der Waals surface area contributed by atoms with Gasteiger partial charge in [-0.3, -0.25) is 9.79 Å². The second-order valence-corrected chi connectivity index (χ2v) is 6.30. The highest BCUT2D eigenvalue weighted by atomic mass is 127. The van der Waals surface area contributed by atoms with Crippen LogP contribution in [0, 0.1) is 0 Å². The summed E-state index contributed by atoms with van der Waals surface area (Å²) in [4.78, 5) is 16.0. The van der Waals surface area contributed by atoms with Gasteiger partial charge in [-0.2, -0.15) is 0 Å². The Hall–Kier alpha value is -2.49. The van der Waals surface area contributed by atoms with E-state index >= 15 is 0 Å². The molecule has 0 radical (unpaired) electrons. The summed E-state index contributed by atoms with van der Waals surface area (Å²) in [5, 5.41) is 9.23. The standard InChI is InChI=1S/C22H30N4O3.HI/c1-5-29-19-10-9-17(14-20(19)28-4)15-26-22(24-3)25-12-11-16-7-6-8-18(13-16)21(27)23-2;/h6-10,13-14H,5,11-12,15H2,1-4H3,(H,23,27)(H2,24,25,26);1H. The van der Waals surface area contributed by atoms with Gasteiger partial charge in [0.25, 0.3) is 5.91 Å². The minimum absolute atomic E-state index is 0. The summed E-state index contributed by atoms with van der Waals surface area (Å²) >= 11 is 0. The number of ether oxygens (including phenoxy) is 2. The van der Waals surface area contributed by atoms with Crippen molar-refractivity contribution >= 4 is 35.8 Å². The number of benzene rings is 2. The molecule has 0 heterocycles. The Labute approximate surface area is 195 Å². The minimum Gasteiger partial charge on any atom is -0.493 e. The van der Waals surface area contributed by atoms with Crippen molar-refractivity contribution in [2.24, 2.45) is 4.99 Å². The van der Waals surface area contributed by atoms with Crippen LogP contribution < -0.4 is 25.4 Å². The Bertz CT molecular complexity index is 843. The van der Waals surface area contributed by atoms with Gasteiger partial charge < -0.3 is 25.4 Å². The fourth-order valence-corrected chi connectivity index (χ4v) is 2.84. The molecule has 0 atom stereocenters. The zero-order valence-corrected chi connectivity index (χ0v) is 20.3. The molecule has 0 bridgehead atoms. The van der Waals surface area contributed by atoms with Gasteiger partial charge in [0.15, 0.2) is 17.5 Å². The lowest BCUT2D eigenvalue weighted by Crippen LogP contribution is -2.37.